The van der Waals surface area contributed by atoms with Crippen LogP contribution in [0.4, 0.5) is 0 Å². The maximum atomic E-state index is 13.1. The van der Waals surface area contributed by atoms with E-state index in [1.54, 1.807) is 29.2 Å². The third-order valence-electron chi connectivity index (χ3n) is 6.17. The van der Waals surface area contributed by atoms with Crippen molar-refractivity contribution < 1.29 is 27.5 Å². The number of hydrogen-bond donors (Lipinski definition) is 0. The number of methoxy groups -OCH3 is 1. The predicted octanol–water partition coefficient (Wildman–Crippen LogP) is 2.26. The van der Waals surface area contributed by atoms with E-state index in [0.29, 0.717) is 29.3 Å². The maximum absolute atomic E-state index is 13.1. The number of hydrogen-bond acceptors (Lipinski definition) is 6. The SMILES string of the molecule is COC(=O)c1cccc(OCC(=O)N2CCN(S(=O)(=O)c3ccc4c(c3)CCCC4)CC2)c1. The van der Waals surface area contributed by atoms with Crippen molar-refractivity contribution in [3.8, 4) is 5.75 Å². The highest BCUT2D eigenvalue weighted by Gasteiger charge is 2.30. The Morgan fingerprint density at radius 1 is 0.939 bits per heavy atom. The molecule has 9 heteroatoms. The second-order valence-corrected chi connectivity index (χ2v) is 10.2. The number of benzene rings is 2. The minimum atomic E-state index is -3.60. The molecule has 4 rings (SSSR count). The number of ether oxygens (including phenoxy) is 2. The lowest BCUT2D eigenvalue weighted by Gasteiger charge is -2.34. The monoisotopic (exact) mass is 472 g/mol. The molecule has 1 heterocycles. The molecule has 1 saturated heterocycles. The molecule has 0 N–H and O–H groups in total. The number of fused-ring (bicyclic) bond motifs is 1. The predicted molar refractivity (Wildman–Crippen MR) is 122 cm³/mol. The van der Waals surface area contributed by atoms with Gasteiger partial charge in [-0.3, -0.25) is 4.79 Å². The van der Waals surface area contributed by atoms with Gasteiger partial charge >= 0.3 is 5.97 Å². The van der Waals surface area contributed by atoms with Gasteiger partial charge in [0.15, 0.2) is 6.61 Å². The first kappa shape index (κ1) is 23.3. The van der Waals surface area contributed by atoms with Crippen molar-refractivity contribution in [1.29, 1.82) is 0 Å². The van der Waals surface area contributed by atoms with Crippen molar-refractivity contribution >= 4 is 21.9 Å². The molecule has 2 aliphatic rings. The molecule has 0 atom stereocenters. The Kier molecular flexibility index (Phi) is 6.99. The van der Waals surface area contributed by atoms with Crippen LogP contribution < -0.4 is 4.74 Å². The summed E-state index contributed by atoms with van der Waals surface area (Å²) in [4.78, 5) is 26.1. The molecule has 33 heavy (non-hydrogen) atoms. The Hall–Kier alpha value is -2.91. The van der Waals surface area contributed by atoms with Gasteiger partial charge in [-0.05, 0) is 67.1 Å². The van der Waals surface area contributed by atoms with E-state index in [2.05, 4.69) is 4.74 Å². The second kappa shape index (κ2) is 9.93. The van der Waals surface area contributed by atoms with Crippen LogP contribution in [0.25, 0.3) is 0 Å². The van der Waals surface area contributed by atoms with Crippen LogP contribution >= 0.6 is 0 Å². The van der Waals surface area contributed by atoms with Gasteiger partial charge in [0.25, 0.3) is 5.91 Å². The summed E-state index contributed by atoms with van der Waals surface area (Å²) in [5.41, 5.74) is 2.71. The van der Waals surface area contributed by atoms with Crippen LogP contribution in [-0.4, -0.2) is 69.4 Å². The van der Waals surface area contributed by atoms with Crippen LogP contribution in [0.15, 0.2) is 47.4 Å². The average Bonchev–Trinajstić information content (AvgIpc) is 2.86. The van der Waals surface area contributed by atoms with E-state index in [4.69, 9.17) is 4.74 Å². The number of piperazine rings is 1. The highest BCUT2D eigenvalue weighted by Crippen LogP contribution is 2.26. The summed E-state index contributed by atoms with van der Waals surface area (Å²) in [6.45, 7) is 0.886. The van der Waals surface area contributed by atoms with Crippen molar-refractivity contribution in [2.24, 2.45) is 0 Å². The highest BCUT2D eigenvalue weighted by atomic mass is 32.2. The Balaban J connectivity index is 1.33. The van der Waals surface area contributed by atoms with E-state index in [-0.39, 0.29) is 25.6 Å². The number of esters is 1. The van der Waals surface area contributed by atoms with E-state index in [0.717, 1.165) is 31.2 Å². The van der Waals surface area contributed by atoms with E-state index in [9.17, 15) is 18.0 Å². The molecule has 0 aromatic heterocycles. The number of amides is 1. The minimum absolute atomic E-state index is 0.192. The van der Waals surface area contributed by atoms with Gasteiger partial charge < -0.3 is 14.4 Å². The molecule has 8 nitrogen and oxygen atoms in total. The molecule has 2 aromatic rings. The lowest BCUT2D eigenvalue weighted by Crippen LogP contribution is -2.51. The Labute approximate surface area is 194 Å². The molecular weight excluding hydrogens is 444 g/mol. The topological polar surface area (TPSA) is 93.2 Å². The number of carbonyl (C=O) groups is 2. The first-order valence-electron chi connectivity index (χ1n) is 11.1. The van der Waals surface area contributed by atoms with Gasteiger partial charge in [0.2, 0.25) is 10.0 Å². The summed E-state index contributed by atoms with van der Waals surface area (Å²) in [6, 6.07) is 11.9. The van der Waals surface area contributed by atoms with Crippen molar-refractivity contribution in [3.05, 3.63) is 59.2 Å². The number of rotatable bonds is 6. The largest absolute Gasteiger partial charge is 0.484 e. The summed E-state index contributed by atoms with van der Waals surface area (Å²) in [5.74, 6) is -0.327. The fraction of sp³-hybridized carbons (Fsp3) is 0.417. The van der Waals surface area contributed by atoms with Crippen LogP contribution in [0.3, 0.4) is 0 Å². The molecule has 0 radical (unpaired) electrons. The van der Waals surface area contributed by atoms with Crippen molar-refractivity contribution in [1.82, 2.24) is 9.21 Å². The van der Waals surface area contributed by atoms with Gasteiger partial charge in [-0.2, -0.15) is 4.31 Å². The standard InChI is InChI=1S/C24H28N2O6S/c1-31-24(28)20-7-4-8-21(15-20)32-17-23(27)25-11-13-26(14-12-25)33(29,30)22-10-9-18-5-2-3-6-19(18)16-22/h4,7-10,15-16H,2-3,5-6,11-14,17H2,1H3. The summed E-state index contributed by atoms with van der Waals surface area (Å²) >= 11 is 0. The smallest absolute Gasteiger partial charge is 0.337 e. The molecule has 0 spiro atoms. The number of carbonyl (C=O) groups excluding carboxylic acids is 2. The Bertz CT molecular complexity index is 1140. The summed E-state index contributed by atoms with van der Waals surface area (Å²) in [5, 5.41) is 0. The van der Waals surface area contributed by atoms with Crippen LogP contribution in [-0.2, 0) is 32.4 Å². The van der Waals surface area contributed by atoms with Crippen LogP contribution in [0.5, 0.6) is 5.75 Å². The molecule has 1 amide bonds. The normalized spacial score (nSPS) is 16.7. The van der Waals surface area contributed by atoms with Gasteiger partial charge in [0, 0.05) is 26.2 Å². The van der Waals surface area contributed by atoms with Crippen LogP contribution in [0.2, 0.25) is 0 Å². The molecule has 1 aliphatic carbocycles. The number of aryl methyl sites for hydroxylation is 2. The number of nitrogens with zero attached hydrogens (tertiary/aromatic N) is 2. The van der Waals surface area contributed by atoms with E-state index in [1.807, 2.05) is 12.1 Å². The van der Waals surface area contributed by atoms with Gasteiger partial charge in [-0.25, -0.2) is 13.2 Å². The molecular formula is C24H28N2O6S. The molecule has 2 aromatic carbocycles. The van der Waals surface area contributed by atoms with Gasteiger partial charge in [0.1, 0.15) is 5.75 Å². The molecule has 1 fully saturated rings. The lowest BCUT2D eigenvalue weighted by molar-refractivity contribution is -0.134. The summed E-state index contributed by atoms with van der Waals surface area (Å²) < 4.78 is 37.9. The fourth-order valence-electron chi connectivity index (χ4n) is 4.26. The third kappa shape index (κ3) is 5.20. The summed E-state index contributed by atoms with van der Waals surface area (Å²) in [7, 11) is -2.30. The zero-order valence-electron chi connectivity index (χ0n) is 18.7. The zero-order chi connectivity index (χ0) is 23.4. The highest BCUT2D eigenvalue weighted by molar-refractivity contribution is 7.89. The second-order valence-electron chi connectivity index (χ2n) is 8.23. The van der Waals surface area contributed by atoms with Crippen molar-refractivity contribution in [2.75, 3.05) is 39.9 Å². The molecule has 176 valence electrons. The quantitative estimate of drug-likeness (QED) is 0.599. The third-order valence-corrected chi connectivity index (χ3v) is 8.06. The first-order chi connectivity index (χ1) is 15.9. The average molecular weight is 473 g/mol. The lowest BCUT2D eigenvalue weighted by atomic mass is 9.92. The van der Waals surface area contributed by atoms with E-state index >= 15 is 0 Å². The van der Waals surface area contributed by atoms with Crippen molar-refractivity contribution in [3.63, 3.8) is 0 Å². The van der Waals surface area contributed by atoms with E-state index < -0.39 is 16.0 Å². The zero-order valence-corrected chi connectivity index (χ0v) is 19.5. The van der Waals surface area contributed by atoms with Crippen LogP contribution in [0, 0.1) is 0 Å². The Morgan fingerprint density at radius 3 is 2.39 bits per heavy atom. The minimum Gasteiger partial charge on any atom is -0.484 e. The fourth-order valence-corrected chi connectivity index (χ4v) is 5.74. The van der Waals surface area contributed by atoms with E-state index in [1.165, 1.54) is 23.0 Å². The molecule has 0 bridgehead atoms. The van der Waals surface area contributed by atoms with Crippen molar-refractivity contribution in [2.45, 2.75) is 30.6 Å². The summed E-state index contributed by atoms with van der Waals surface area (Å²) in [6.07, 6.45) is 4.16. The molecule has 0 saturated carbocycles. The van der Waals surface area contributed by atoms with Gasteiger partial charge in [-0.1, -0.05) is 12.1 Å². The Morgan fingerprint density at radius 2 is 1.67 bits per heavy atom. The molecule has 1 aliphatic heterocycles. The van der Waals surface area contributed by atoms with Crippen LogP contribution in [0.1, 0.15) is 34.3 Å². The van der Waals surface area contributed by atoms with Gasteiger partial charge in [-0.15, -0.1) is 0 Å². The first-order valence-corrected chi connectivity index (χ1v) is 12.5. The number of sulfonamides is 1. The van der Waals surface area contributed by atoms with Gasteiger partial charge in [0.05, 0.1) is 17.6 Å². The maximum Gasteiger partial charge on any atom is 0.337 e. The molecule has 0 unspecified atom stereocenters.